The van der Waals surface area contributed by atoms with Gasteiger partial charge in [0, 0.05) is 13.0 Å². The summed E-state index contributed by atoms with van der Waals surface area (Å²) in [6.45, 7) is 25.5. The van der Waals surface area contributed by atoms with E-state index in [0.717, 1.165) is 24.9 Å². The molecule has 0 amide bonds. The summed E-state index contributed by atoms with van der Waals surface area (Å²) >= 11 is 0. The highest BCUT2D eigenvalue weighted by atomic mass is 19.2. The first kappa shape index (κ1) is 106. The Hall–Kier alpha value is -7.60. The average Bonchev–Trinajstić information content (AvgIpc) is 1.65. The molecule has 0 radical (unpaired) electrons. The summed E-state index contributed by atoms with van der Waals surface area (Å²) in [6.07, 6.45) is -4.82. The maximum Gasteiger partial charge on any atom is 0.367 e. The first-order valence-electron chi connectivity index (χ1n) is 35.6. The SMILES string of the molecule is CC1(C)OCC(C=O)O1.CC1(C)OCC([C@H]2OC(=O)[C@H](O)C2O)O1.CCOC(=O)/C(F)=C/C(C)CC.CCOC(=O)/C(F)=C/C(O)CO.CCOC(=O)C(F)=CC1COC(C)(C)O1.CC[C@H]1C=C(F)C(=O)O1.CC[C@H]1C=C(F)C(O)O1.CC[C@H]1C=C(F)C(OC(C)=O)O1.O=C1O[C@@H](CO)C=C1F.O=C1O[C@H](C(O)CO)C(O)[C@H]1O. The Balaban J connectivity index is 0.00000125. The van der Waals surface area contributed by atoms with Crippen molar-refractivity contribution in [2.24, 2.45) is 5.92 Å². The van der Waals surface area contributed by atoms with E-state index in [0.29, 0.717) is 31.9 Å². The number of carbonyl (C=O) groups is 9. The van der Waals surface area contributed by atoms with E-state index in [1.54, 1.807) is 55.4 Å². The molecule has 0 aromatic heterocycles. The molecule has 114 heavy (non-hydrogen) atoms. The maximum absolute atomic E-state index is 13.1. The lowest BCUT2D eigenvalue weighted by Crippen LogP contribution is -2.40. The summed E-state index contributed by atoms with van der Waals surface area (Å²) < 4.78 is 165. The van der Waals surface area contributed by atoms with Crippen LogP contribution in [0.5, 0.6) is 0 Å². The highest BCUT2D eigenvalue weighted by molar-refractivity contribution is 5.89. The predicted molar refractivity (Wildman–Crippen MR) is 373 cm³/mol. The molecular weight excluding hydrogens is 1560 g/mol. The summed E-state index contributed by atoms with van der Waals surface area (Å²) in [5, 5.41) is 88.0. The van der Waals surface area contributed by atoms with Crippen molar-refractivity contribution in [2.75, 3.05) is 59.5 Å². The first-order valence-corrected chi connectivity index (χ1v) is 35.6. The molecule has 10 N–H and O–H groups in total. The van der Waals surface area contributed by atoms with E-state index >= 15 is 0 Å². The molecule has 9 aliphatic rings. The molecule has 42 heteroatoms. The van der Waals surface area contributed by atoms with Crippen LogP contribution in [0.2, 0.25) is 0 Å². The second-order valence-corrected chi connectivity index (χ2v) is 25.6. The lowest BCUT2D eigenvalue weighted by molar-refractivity contribution is -0.171. The normalized spacial score (nSPS) is 28.5. The lowest BCUT2D eigenvalue weighted by Gasteiger charge is -2.21. The zero-order chi connectivity index (χ0) is 87.7. The van der Waals surface area contributed by atoms with Crippen molar-refractivity contribution in [3.05, 3.63) is 83.3 Å². The van der Waals surface area contributed by atoms with Gasteiger partial charge < -0.3 is 132 Å². The summed E-state index contributed by atoms with van der Waals surface area (Å²) in [4.78, 5) is 94.7. The number of aldehydes is 1. The Kier molecular flexibility index (Phi) is 50.0. The molecule has 9 heterocycles. The predicted octanol–water partition coefficient (Wildman–Crippen LogP) is 3.31. The molecule has 0 spiro atoms. The van der Waals surface area contributed by atoms with Crippen molar-refractivity contribution in [1.29, 1.82) is 0 Å². The number of carbonyl (C=O) groups excluding carboxylic acids is 9. The van der Waals surface area contributed by atoms with E-state index in [2.05, 4.69) is 33.2 Å². The molecule has 35 nitrogen and oxygen atoms in total. The summed E-state index contributed by atoms with van der Waals surface area (Å²) in [6, 6.07) is 0. The van der Waals surface area contributed by atoms with Crippen molar-refractivity contribution in [2.45, 2.75) is 251 Å². The van der Waals surface area contributed by atoms with Gasteiger partial charge in [0.2, 0.25) is 35.4 Å². The third-order valence-corrected chi connectivity index (χ3v) is 14.8. The van der Waals surface area contributed by atoms with Gasteiger partial charge in [0.05, 0.1) is 77.8 Å². The Bertz CT molecular complexity index is 3170. The van der Waals surface area contributed by atoms with Crippen LogP contribution >= 0.6 is 0 Å². The van der Waals surface area contributed by atoms with Crippen LogP contribution in [0.1, 0.15) is 130 Å². The summed E-state index contributed by atoms with van der Waals surface area (Å²) in [7, 11) is 0. The van der Waals surface area contributed by atoms with Crippen molar-refractivity contribution in [3.63, 3.8) is 0 Å². The van der Waals surface area contributed by atoms with E-state index in [1.165, 1.54) is 38.2 Å². The van der Waals surface area contributed by atoms with Crippen LogP contribution in [0, 0.1) is 5.92 Å². The van der Waals surface area contributed by atoms with Gasteiger partial charge in [-0.2, -0.15) is 22.0 Å². The molecule has 5 saturated heterocycles. The van der Waals surface area contributed by atoms with Crippen LogP contribution in [0.4, 0.5) is 30.7 Å². The van der Waals surface area contributed by atoms with Crippen LogP contribution < -0.4 is 0 Å². The Morgan fingerprint density at radius 2 is 0.991 bits per heavy atom. The monoisotopic (exact) mass is 1660 g/mol. The molecule has 0 bridgehead atoms. The van der Waals surface area contributed by atoms with Gasteiger partial charge in [-0.1, -0.05) is 34.6 Å². The summed E-state index contributed by atoms with van der Waals surface area (Å²) in [5.74, 6) is -14.8. The lowest BCUT2D eigenvalue weighted by atomic mass is 10.1. The minimum absolute atomic E-state index is 0.0648. The minimum Gasteiger partial charge on any atom is -0.461 e. The number of rotatable bonds is 20. The van der Waals surface area contributed by atoms with Crippen LogP contribution in [-0.2, 0) is 119 Å². The van der Waals surface area contributed by atoms with E-state index in [1.807, 2.05) is 34.6 Å². The van der Waals surface area contributed by atoms with Crippen LogP contribution in [0.25, 0.3) is 0 Å². The molecule has 5 fully saturated rings. The van der Waals surface area contributed by atoms with Gasteiger partial charge in [0.1, 0.15) is 48.8 Å². The highest BCUT2D eigenvalue weighted by Gasteiger charge is 2.51. The van der Waals surface area contributed by atoms with Gasteiger partial charge in [-0.25, -0.2) is 42.3 Å². The zero-order valence-corrected chi connectivity index (χ0v) is 65.5. The molecule has 9 rings (SSSR count). The fraction of sp³-hybridized carbons (Fsp3) is 0.681. The fourth-order valence-electron chi connectivity index (χ4n) is 8.83. The number of aliphatic hydroxyl groups excluding tert-OH is 10. The largest absolute Gasteiger partial charge is 0.461 e. The topological polar surface area (TPSA) is 504 Å². The first-order chi connectivity index (χ1) is 53.1. The Labute approximate surface area is 652 Å². The van der Waals surface area contributed by atoms with Gasteiger partial charge in [0.15, 0.2) is 59.7 Å². The van der Waals surface area contributed by atoms with Crippen molar-refractivity contribution >= 4 is 54.0 Å². The number of halogens is 7. The quantitative estimate of drug-likeness (QED) is 0.0275. The number of hydrogen-bond acceptors (Lipinski definition) is 35. The molecule has 0 aromatic carbocycles. The average molecular weight is 1670 g/mol. The van der Waals surface area contributed by atoms with Gasteiger partial charge in [0.25, 0.3) is 6.29 Å². The molecule has 0 saturated carbocycles. The number of allylic oxidation sites excluding steroid dienone is 1. The van der Waals surface area contributed by atoms with E-state index in [4.69, 9.17) is 83.5 Å². The van der Waals surface area contributed by atoms with Gasteiger partial charge in [-0.05, 0) is 130 Å². The molecular formula is C72H107F7O35. The smallest absolute Gasteiger partial charge is 0.367 e. The van der Waals surface area contributed by atoms with Crippen LogP contribution in [-0.4, -0.2) is 286 Å². The number of hydrogen-bond donors (Lipinski definition) is 10. The number of aliphatic hydroxyl groups is 10. The van der Waals surface area contributed by atoms with Gasteiger partial charge >= 0.3 is 47.8 Å². The third kappa shape index (κ3) is 40.3. The summed E-state index contributed by atoms with van der Waals surface area (Å²) in [5.41, 5.74) is 0. The van der Waals surface area contributed by atoms with Gasteiger partial charge in [-0.15, -0.1) is 0 Å². The molecule has 9 aliphatic heterocycles. The van der Waals surface area contributed by atoms with Crippen LogP contribution in [0.3, 0.4) is 0 Å². The second-order valence-electron chi connectivity index (χ2n) is 25.6. The molecule has 0 aliphatic carbocycles. The number of esters is 8. The number of ether oxygens (including phenoxy) is 16. The van der Waals surface area contributed by atoms with E-state index in [9.17, 15) is 84.1 Å². The molecule has 10 unspecified atom stereocenters. The third-order valence-electron chi connectivity index (χ3n) is 14.8. The van der Waals surface area contributed by atoms with E-state index < -0.39 is 199 Å². The fourth-order valence-corrected chi connectivity index (χ4v) is 8.83. The highest BCUT2D eigenvalue weighted by Crippen LogP contribution is 2.31. The Morgan fingerprint density at radius 3 is 1.30 bits per heavy atom. The maximum atomic E-state index is 13.1. The minimum atomic E-state index is -1.63. The van der Waals surface area contributed by atoms with Crippen molar-refractivity contribution in [3.8, 4) is 0 Å². The standard InChI is InChI=1S/C10H15FO4.C9H15FO2.C9H14O6.C8H11FO3.C7H11FO4.C6H9FO2.C6H7FO2.C6H10O6.C6H10O3.C5H5FO3/c1-4-13-9(12)8(11)5-7-6-14-10(2,3)15-7;1-4-7(3)6-8(10)9(11)12-5-2;1-9(2)13-3-4(15-9)7-5(10)6(11)8(12)14-7;1-3-6-4-7(9)8(12-6)11-5(2)10;1-2-12-7(11)6(8)3-5(10)4-9;2*1-2-4-3-5(7)6(8)9-4;7-1-2(8)5-3(9)4(10)6(11)12-5;1-6(2)8-4-5(3-7)9-6;6-4-1-3(2-7)9-5(4)8/h5,7H,4,6H2,1-3H3;6-7H,4-5H2,1-3H3;4-7,10-11H,3H2,1-2H3;4,6,8H,3H2,1-2H3;3,5,9-10H,2,4H2,1H3;3-4,6,8H,2H2,1H3;3-4H,2H2,1H3;2-5,7-10H,1H2;3,5H,4H2,1-2H3;1,3,7H,2H2/b;8-6-;;;6-3-;;;;;/t;;4?,5?,6-,7-;6-,8?;;4-,6?;4-;2?,3?,4-,5-;;3-/m..10.001.1/s1. The number of cyclic esters (lactones) is 4. The molecule has 0 aromatic rings. The van der Waals surface area contributed by atoms with Crippen LogP contribution in [0.15, 0.2) is 83.3 Å². The van der Waals surface area contributed by atoms with Crippen molar-refractivity contribution < 1.29 is 201 Å². The second kappa shape index (κ2) is 53.6. The van der Waals surface area contributed by atoms with Gasteiger partial charge in [-0.3, -0.25) is 4.79 Å². The zero-order valence-electron chi connectivity index (χ0n) is 65.5. The molecule has 654 valence electrons. The molecule has 18 atom stereocenters. The van der Waals surface area contributed by atoms with Crippen molar-refractivity contribution in [1.82, 2.24) is 0 Å². The Morgan fingerprint density at radius 1 is 0.553 bits per heavy atom. The van der Waals surface area contributed by atoms with E-state index in [-0.39, 0.29) is 70.0 Å².